The smallest absolute Gasteiger partial charge is 0.193 e. The van der Waals surface area contributed by atoms with Gasteiger partial charge in [0, 0.05) is 50.9 Å². The van der Waals surface area contributed by atoms with Crippen molar-refractivity contribution in [2.45, 2.75) is 44.6 Å². The quantitative estimate of drug-likeness (QED) is 0.619. The molecule has 3 rings (SSSR count). The number of halogens is 2. The van der Waals surface area contributed by atoms with Gasteiger partial charge < -0.3 is 15.0 Å². The molecule has 2 aliphatic rings. The zero-order valence-corrected chi connectivity index (χ0v) is 15.7. The Balaban J connectivity index is 1.55. The fourth-order valence-electron chi connectivity index (χ4n) is 3.65. The number of benzene rings is 1. The third-order valence-corrected chi connectivity index (χ3v) is 5.36. The van der Waals surface area contributed by atoms with E-state index in [0.717, 1.165) is 51.4 Å². The zero-order valence-electron chi connectivity index (χ0n) is 15.7. The molecule has 2 atom stereocenters. The molecule has 0 spiro atoms. The van der Waals surface area contributed by atoms with Crippen LogP contribution in [0.25, 0.3) is 0 Å². The van der Waals surface area contributed by atoms with Crippen molar-refractivity contribution in [3.8, 4) is 0 Å². The highest BCUT2D eigenvalue weighted by Crippen LogP contribution is 2.43. The maximum atomic E-state index is 14.0. The SMILES string of the molecule is CCN=C(NC1CC1c1c(F)cccc1F)N(C)CCC1CCOCC1. The van der Waals surface area contributed by atoms with Crippen molar-refractivity contribution in [3.05, 3.63) is 35.4 Å². The van der Waals surface area contributed by atoms with Gasteiger partial charge in [-0.15, -0.1) is 0 Å². The predicted octanol–water partition coefficient (Wildman–Crippen LogP) is 3.53. The Labute approximate surface area is 154 Å². The third kappa shape index (κ3) is 4.72. The Morgan fingerprint density at radius 2 is 1.96 bits per heavy atom. The summed E-state index contributed by atoms with van der Waals surface area (Å²) in [7, 11) is 2.03. The lowest BCUT2D eigenvalue weighted by Gasteiger charge is -2.27. The summed E-state index contributed by atoms with van der Waals surface area (Å²) in [6, 6.07) is 4.11. The molecular weight excluding hydrogens is 336 g/mol. The standard InChI is InChI=1S/C20H29F2N3O/c1-3-23-20(25(2)10-7-14-8-11-26-12-9-14)24-18-13-15(18)19-16(21)5-4-6-17(19)22/h4-6,14-15,18H,3,7-13H2,1-2H3,(H,23,24). The van der Waals surface area contributed by atoms with Crippen LogP contribution in [0.4, 0.5) is 8.78 Å². The normalized spacial score (nSPS) is 23.8. The zero-order chi connectivity index (χ0) is 18.5. The highest BCUT2D eigenvalue weighted by atomic mass is 19.1. The highest BCUT2D eigenvalue weighted by Gasteiger charge is 2.42. The molecule has 0 amide bonds. The minimum Gasteiger partial charge on any atom is -0.381 e. The maximum absolute atomic E-state index is 14.0. The van der Waals surface area contributed by atoms with Crippen molar-refractivity contribution in [2.75, 3.05) is 33.4 Å². The molecule has 1 saturated carbocycles. The molecule has 1 aromatic rings. The molecule has 1 aromatic carbocycles. The molecule has 2 fully saturated rings. The summed E-state index contributed by atoms with van der Waals surface area (Å²) in [4.78, 5) is 6.69. The monoisotopic (exact) mass is 365 g/mol. The number of hydrogen-bond donors (Lipinski definition) is 1. The number of nitrogens with one attached hydrogen (secondary N) is 1. The van der Waals surface area contributed by atoms with E-state index < -0.39 is 11.6 Å². The largest absolute Gasteiger partial charge is 0.381 e. The van der Waals surface area contributed by atoms with Gasteiger partial charge in [0.25, 0.3) is 0 Å². The van der Waals surface area contributed by atoms with Crippen LogP contribution in [0.2, 0.25) is 0 Å². The van der Waals surface area contributed by atoms with Crippen LogP contribution >= 0.6 is 0 Å². The van der Waals surface area contributed by atoms with E-state index in [1.807, 2.05) is 14.0 Å². The molecule has 6 heteroatoms. The third-order valence-electron chi connectivity index (χ3n) is 5.36. The van der Waals surface area contributed by atoms with Gasteiger partial charge >= 0.3 is 0 Å². The van der Waals surface area contributed by atoms with Crippen LogP contribution in [0.3, 0.4) is 0 Å². The van der Waals surface area contributed by atoms with Crippen molar-refractivity contribution >= 4 is 5.96 Å². The minimum atomic E-state index is -0.457. The van der Waals surface area contributed by atoms with E-state index in [0.29, 0.717) is 12.5 Å². The van der Waals surface area contributed by atoms with Crippen molar-refractivity contribution in [1.29, 1.82) is 0 Å². The number of rotatable bonds is 6. The second-order valence-electron chi connectivity index (χ2n) is 7.29. The number of aliphatic imine (C=N–C) groups is 1. The van der Waals surface area contributed by atoms with Gasteiger partial charge in [-0.2, -0.15) is 0 Å². The first kappa shape index (κ1) is 19.1. The van der Waals surface area contributed by atoms with Crippen LogP contribution < -0.4 is 5.32 Å². The summed E-state index contributed by atoms with van der Waals surface area (Å²) in [6.07, 6.45) is 4.09. The minimum absolute atomic E-state index is 0.0391. The van der Waals surface area contributed by atoms with Gasteiger partial charge in [-0.05, 0) is 50.7 Å². The van der Waals surface area contributed by atoms with E-state index >= 15 is 0 Å². The second-order valence-corrected chi connectivity index (χ2v) is 7.29. The first-order valence-corrected chi connectivity index (χ1v) is 9.64. The van der Waals surface area contributed by atoms with Crippen molar-refractivity contribution in [1.82, 2.24) is 10.2 Å². The topological polar surface area (TPSA) is 36.9 Å². The van der Waals surface area contributed by atoms with Crippen molar-refractivity contribution < 1.29 is 13.5 Å². The van der Waals surface area contributed by atoms with Gasteiger partial charge in [-0.3, -0.25) is 4.99 Å². The number of hydrogen-bond acceptors (Lipinski definition) is 2. The van der Waals surface area contributed by atoms with Crippen LogP contribution in [0.5, 0.6) is 0 Å². The van der Waals surface area contributed by atoms with Gasteiger partial charge in [0.15, 0.2) is 5.96 Å². The first-order chi connectivity index (χ1) is 12.6. The lowest BCUT2D eigenvalue weighted by molar-refractivity contribution is 0.0625. The van der Waals surface area contributed by atoms with Crippen LogP contribution in [0.1, 0.15) is 44.1 Å². The van der Waals surface area contributed by atoms with Gasteiger partial charge in [0.1, 0.15) is 11.6 Å². The van der Waals surface area contributed by atoms with E-state index in [9.17, 15) is 8.78 Å². The van der Waals surface area contributed by atoms with Crippen molar-refractivity contribution in [3.63, 3.8) is 0 Å². The summed E-state index contributed by atoms with van der Waals surface area (Å²) < 4.78 is 33.3. The van der Waals surface area contributed by atoms with E-state index in [1.165, 1.54) is 18.2 Å². The molecule has 1 heterocycles. The van der Waals surface area contributed by atoms with Crippen LogP contribution in [0, 0.1) is 17.6 Å². The molecule has 1 saturated heterocycles. The molecule has 0 bridgehead atoms. The molecule has 0 aromatic heterocycles. The van der Waals surface area contributed by atoms with E-state index in [2.05, 4.69) is 15.2 Å². The number of nitrogens with zero attached hydrogens (tertiary/aromatic N) is 2. The Morgan fingerprint density at radius 1 is 1.27 bits per heavy atom. The van der Waals surface area contributed by atoms with E-state index in [-0.39, 0.29) is 17.5 Å². The van der Waals surface area contributed by atoms with Crippen LogP contribution in [-0.2, 0) is 4.74 Å². The fraction of sp³-hybridized carbons (Fsp3) is 0.650. The van der Waals surface area contributed by atoms with Gasteiger partial charge in [-0.1, -0.05) is 6.07 Å². The van der Waals surface area contributed by atoms with Crippen LogP contribution in [-0.4, -0.2) is 50.3 Å². The van der Waals surface area contributed by atoms with Gasteiger partial charge in [-0.25, -0.2) is 8.78 Å². The van der Waals surface area contributed by atoms with E-state index in [4.69, 9.17) is 4.74 Å². The highest BCUT2D eigenvalue weighted by molar-refractivity contribution is 5.80. The Bertz CT molecular complexity index is 611. The molecule has 1 N–H and O–H groups in total. The van der Waals surface area contributed by atoms with Crippen molar-refractivity contribution in [2.24, 2.45) is 10.9 Å². The Kier molecular flexibility index (Phi) is 6.46. The molecule has 1 aliphatic carbocycles. The molecule has 4 nitrogen and oxygen atoms in total. The lowest BCUT2D eigenvalue weighted by Crippen LogP contribution is -2.41. The average molecular weight is 365 g/mol. The summed E-state index contributed by atoms with van der Waals surface area (Å²) >= 11 is 0. The average Bonchev–Trinajstić information content (AvgIpc) is 3.39. The molecule has 1 aliphatic heterocycles. The molecular formula is C20H29F2N3O. The summed E-state index contributed by atoms with van der Waals surface area (Å²) in [5.41, 5.74) is 0.200. The van der Waals surface area contributed by atoms with E-state index in [1.54, 1.807) is 0 Å². The maximum Gasteiger partial charge on any atom is 0.193 e. The van der Waals surface area contributed by atoms with Gasteiger partial charge in [0.2, 0.25) is 0 Å². The number of ether oxygens (including phenoxy) is 1. The summed E-state index contributed by atoms with van der Waals surface area (Å²) in [5, 5.41) is 3.40. The number of guanidine groups is 1. The summed E-state index contributed by atoms with van der Waals surface area (Å²) in [5.74, 6) is 0.489. The Morgan fingerprint density at radius 3 is 2.62 bits per heavy atom. The van der Waals surface area contributed by atoms with Gasteiger partial charge in [0.05, 0.1) is 0 Å². The second kappa shape index (κ2) is 8.80. The molecule has 144 valence electrons. The molecule has 26 heavy (non-hydrogen) atoms. The molecule has 0 radical (unpaired) electrons. The van der Waals surface area contributed by atoms with Crippen LogP contribution in [0.15, 0.2) is 23.2 Å². The molecule has 2 unspecified atom stereocenters. The Hall–Kier alpha value is -1.69. The first-order valence-electron chi connectivity index (χ1n) is 9.64. The fourth-order valence-corrected chi connectivity index (χ4v) is 3.65. The summed E-state index contributed by atoms with van der Waals surface area (Å²) in [6.45, 7) is 5.31. The predicted molar refractivity (Wildman–Crippen MR) is 99.4 cm³/mol. The lowest BCUT2D eigenvalue weighted by atomic mass is 9.96.